The van der Waals surface area contributed by atoms with Crippen LogP contribution < -0.4 is 4.74 Å². The van der Waals surface area contributed by atoms with Crippen molar-refractivity contribution in [3.05, 3.63) is 41.0 Å². The minimum absolute atomic E-state index is 0.0167. The van der Waals surface area contributed by atoms with Crippen molar-refractivity contribution in [2.75, 3.05) is 19.6 Å². The van der Waals surface area contributed by atoms with Gasteiger partial charge < -0.3 is 9.64 Å². The second-order valence-corrected chi connectivity index (χ2v) is 5.51. The highest BCUT2D eigenvalue weighted by Gasteiger charge is 2.32. The number of nitrogens with zero attached hydrogens (tertiary/aromatic N) is 2. The molecule has 1 amide bonds. The molecule has 0 unspecified atom stereocenters. The second kappa shape index (κ2) is 5.72. The van der Waals surface area contributed by atoms with E-state index in [0.717, 1.165) is 17.6 Å². The Kier molecular flexibility index (Phi) is 3.87. The van der Waals surface area contributed by atoms with Crippen LogP contribution in [0, 0.1) is 0 Å². The molecule has 2 aliphatic rings. The van der Waals surface area contributed by atoms with Crippen LogP contribution in [0.15, 0.2) is 40.4 Å². The SMILES string of the molecule is CC(=O)N1CCC2=C(C1)C(c1cccc(OC(F)(F)F)c1)=NC2. The van der Waals surface area contributed by atoms with E-state index in [1.165, 1.54) is 25.1 Å². The maximum absolute atomic E-state index is 12.4. The van der Waals surface area contributed by atoms with Gasteiger partial charge in [0, 0.05) is 25.6 Å². The molecule has 0 saturated heterocycles. The minimum atomic E-state index is -4.73. The molecule has 1 aromatic carbocycles. The molecule has 0 spiro atoms. The molecule has 23 heavy (non-hydrogen) atoms. The van der Waals surface area contributed by atoms with Gasteiger partial charge in [0.25, 0.3) is 0 Å². The van der Waals surface area contributed by atoms with E-state index in [1.54, 1.807) is 11.0 Å². The highest BCUT2D eigenvalue weighted by molar-refractivity contribution is 6.15. The maximum atomic E-state index is 12.4. The van der Waals surface area contributed by atoms with E-state index in [0.29, 0.717) is 30.9 Å². The van der Waals surface area contributed by atoms with Crippen LogP contribution in [-0.4, -0.2) is 42.5 Å². The van der Waals surface area contributed by atoms with Crippen LogP contribution in [0.4, 0.5) is 13.2 Å². The molecule has 3 rings (SSSR count). The fourth-order valence-electron chi connectivity index (χ4n) is 2.86. The number of ether oxygens (including phenoxy) is 1. The van der Waals surface area contributed by atoms with Gasteiger partial charge in [-0.1, -0.05) is 12.1 Å². The lowest BCUT2D eigenvalue weighted by atomic mass is 9.95. The average Bonchev–Trinajstić information content (AvgIpc) is 2.88. The van der Waals surface area contributed by atoms with Gasteiger partial charge in [-0.15, -0.1) is 13.2 Å². The number of amides is 1. The number of carbonyl (C=O) groups is 1. The van der Waals surface area contributed by atoms with Crippen molar-refractivity contribution < 1.29 is 22.7 Å². The summed E-state index contributed by atoms with van der Waals surface area (Å²) in [5, 5.41) is 0. The Balaban J connectivity index is 1.86. The number of carbonyl (C=O) groups excluding carboxylic acids is 1. The molecule has 2 aliphatic heterocycles. The number of rotatable bonds is 2. The first-order chi connectivity index (χ1) is 10.8. The molecule has 0 N–H and O–H groups in total. The van der Waals surface area contributed by atoms with Crippen LogP contribution in [0.1, 0.15) is 18.9 Å². The van der Waals surface area contributed by atoms with Crippen LogP contribution in [0.25, 0.3) is 0 Å². The average molecular weight is 324 g/mol. The standard InChI is InChI=1S/C16H15F3N2O2/c1-10(22)21-6-5-12-8-20-15(14(12)9-21)11-3-2-4-13(7-11)23-16(17,18)19/h2-4,7H,5-6,8-9H2,1H3. The van der Waals surface area contributed by atoms with Gasteiger partial charge in [-0.3, -0.25) is 9.79 Å². The summed E-state index contributed by atoms with van der Waals surface area (Å²) >= 11 is 0. The van der Waals surface area contributed by atoms with E-state index in [2.05, 4.69) is 9.73 Å². The quantitative estimate of drug-likeness (QED) is 0.839. The van der Waals surface area contributed by atoms with Gasteiger partial charge in [-0.2, -0.15) is 0 Å². The van der Waals surface area contributed by atoms with Crippen LogP contribution in [-0.2, 0) is 4.79 Å². The maximum Gasteiger partial charge on any atom is 0.573 e. The largest absolute Gasteiger partial charge is 0.573 e. The number of hydrogen-bond donors (Lipinski definition) is 0. The fourth-order valence-corrected chi connectivity index (χ4v) is 2.86. The smallest absolute Gasteiger partial charge is 0.406 e. The van der Waals surface area contributed by atoms with Gasteiger partial charge in [-0.05, 0) is 29.7 Å². The van der Waals surface area contributed by atoms with Crippen molar-refractivity contribution in [3.63, 3.8) is 0 Å². The van der Waals surface area contributed by atoms with Gasteiger partial charge in [-0.25, -0.2) is 0 Å². The van der Waals surface area contributed by atoms with E-state index in [-0.39, 0.29) is 11.7 Å². The molecule has 0 atom stereocenters. The lowest BCUT2D eigenvalue weighted by molar-refractivity contribution is -0.274. The molecule has 0 bridgehead atoms. The van der Waals surface area contributed by atoms with E-state index >= 15 is 0 Å². The van der Waals surface area contributed by atoms with Crippen molar-refractivity contribution in [3.8, 4) is 5.75 Å². The molecule has 4 nitrogen and oxygen atoms in total. The molecule has 0 aliphatic carbocycles. The third kappa shape index (κ3) is 3.38. The predicted molar refractivity (Wildman–Crippen MR) is 78.4 cm³/mol. The molecular weight excluding hydrogens is 309 g/mol. The second-order valence-electron chi connectivity index (χ2n) is 5.51. The Morgan fingerprint density at radius 2 is 2.13 bits per heavy atom. The molecule has 0 saturated carbocycles. The van der Waals surface area contributed by atoms with Crippen molar-refractivity contribution in [1.82, 2.24) is 4.90 Å². The number of aliphatic imine (C=N–C) groups is 1. The molecule has 122 valence electrons. The summed E-state index contributed by atoms with van der Waals surface area (Å²) < 4.78 is 41.0. The highest BCUT2D eigenvalue weighted by Crippen LogP contribution is 2.30. The van der Waals surface area contributed by atoms with E-state index in [4.69, 9.17) is 0 Å². The predicted octanol–water partition coefficient (Wildman–Crippen LogP) is 2.94. The van der Waals surface area contributed by atoms with Gasteiger partial charge >= 0.3 is 6.36 Å². The lowest BCUT2D eigenvalue weighted by Crippen LogP contribution is -2.36. The number of benzene rings is 1. The normalized spacial score (nSPS) is 17.9. The van der Waals surface area contributed by atoms with Crippen LogP contribution in [0.2, 0.25) is 0 Å². The summed E-state index contributed by atoms with van der Waals surface area (Å²) in [5.74, 6) is -0.289. The number of hydrogen-bond acceptors (Lipinski definition) is 3. The zero-order chi connectivity index (χ0) is 16.6. The number of alkyl halides is 3. The monoisotopic (exact) mass is 324 g/mol. The Bertz CT molecular complexity index is 708. The molecule has 0 aromatic heterocycles. The molecule has 7 heteroatoms. The Morgan fingerprint density at radius 1 is 1.35 bits per heavy atom. The zero-order valence-electron chi connectivity index (χ0n) is 12.5. The van der Waals surface area contributed by atoms with Crippen molar-refractivity contribution in [1.29, 1.82) is 0 Å². The minimum Gasteiger partial charge on any atom is -0.406 e. The summed E-state index contributed by atoms with van der Waals surface area (Å²) in [6, 6.07) is 5.79. The van der Waals surface area contributed by atoms with Crippen molar-refractivity contribution in [2.24, 2.45) is 4.99 Å². The summed E-state index contributed by atoms with van der Waals surface area (Å²) in [6.07, 6.45) is -3.97. The van der Waals surface area contributed by atoms with Crippen LogP contribution in [0.5, 0.6) is 5.75 Å². The van der Waals surface area contributed by atoms with E-state index in [1.807, 2.05) is 0 Å². The third-order valence-electron chi connectivity index (χ3n) is 3.96. The molecule has 0 fully saturated rings. The van der Waals surface area contributed by atoms with E-state index in [9.17, 15) is 18.0 Å². The lowest BCUT2D eigenvalue weighted by Gasteiger charge is -2.28. The van der Waals surface area contributed by atoms with Crippen molar-refractivity contribution >= 4 is 11.6 Å². The summed E-state index contributed by atoms with van der Waals surface area (Å²) in [7, 11) is 0. The summed E-state index contributed by atoms with van der Waals surface area (Å²) in [4.78, 5) is 17.7. The first-order valence-electron chi connectivity index (χ1n) is 7.21. The Labute approximate surface area is 131 Å². The highest BCUT2D eigenvalue weighted by atomic mass is 19.4. The first-order valence-corrected chi connectivity index (χ1v) is 7.21. The molecule has 2 heterocycles. The van der Waals surface area contributed by atoms with Crippen LogP contribution in [0.3, 0.4) is 0 Å². The Morgan fingerprint density at radius 3 is 2.83 bits per heavy atom. The zero-order valence-corrected chi connectivity index (χ0v) is 12.5. The fraction of sp³-hybridized carbons (Fsp3) is 0.375. The van der Waals surface area contributed by atoms with Gasteiger partial charge in [0.1, 0.15) is 5.75 Å². The van der Waals surface area contributed by atoms with Crippen LogP contribution >= 0.6 is 0 Å². The Hall–Kier alpha value is -2.31. The van der Waals surface area contributed by atoms with E-state index < -0.39 is 6.36 Å². The molecule has 1 aromatic rings. The van der Waals surface area contributed by atoms with Gasteiger partial charge in [0.05, 0.1) is 12.3 Å². The molecular formula is C16H15F3N2O2. The third-order valence-corrected chi connectivity index (χ3v) is 3.96. The van der Waals surface area contributed by atoms with Gasteiger partial charge in [0.15, 0.2) is 0 Å². The van der Waals surface area contributed by atoms with Gasteiger partial charge in [0.2, 0.25) is 5.91 Å². The summed E-state index contributed by atoms with van der Waals surface area (Å²) in [6.45, 7) is 3.16. The topological polar surface area (TPSA) is 41.9 Å². The summed E-state index contributed by atoms with van der Waals surface area (Å²) in [5.41, 5.74) is 3.32. The molecule has 0 radical (unpaired) electrons. The first kappa shape index (κ1) is 15.6. The van der Waals surface area contributed by atoms with Crippen molar-refractivity contribution in [2.45, 2.75) is 19.7 Å². The number of halogens is 3.